The van der Waals surface area contributed by atoms with E-state index in [2.05, 4.69) is 20.6 Å². The molecule has 1 aromatic carbocycles. The second-order valence-corrected chi connectivity index (χ2v) is 7.06. The molecule has 11 heteroatoms. The molecule has 0 bridgehead atoms. The first kappa shape index (κ1) is 20.6. The van der Waals surface area contributed by atoms with E-state index in [0.29, 0.717) is 0 Å². The van der Waals surface area contributed by atoms with Gasteiger partial charge in [0.25, 0.3) is 5.91 Å². The van der Waals surface area contributed by atoms with Gasteiger partial charge in [0.2, 0.25) is 10.1 Å². The number of nitrogens with zero attached hydrogens (tertiary/aromatic N) is 4. The zero-order chi connectivity index (χ0) is 21.2. The van der Waals surface area contributed by atoms with E-state index in [9.17, 15) is 22.8 Å². The summed E-state index contributed by atoms with van der Waals surface area (Å²) >= 11 is 0.215. The van der Waals surface area contributed by atoms with Gasteiger partial charge in [-0.25, -0.2) is 0 Å². The summed E-state index contributed by atoms with van der Waals surface area (Å²) in [5.74, 6) is -0.992. The highest BCUT2D eigenvalue weighted by Gasteiger charge is 2.36. The molecule has 3 aromatic rings. The fraction of sp³-hybridized carbons (Fsp3) is 0.278. The summed E-state index contributed by atoms with van der Waals surface area (Å²) in [5.41, 5.74) is 0.978. The second kappa shape index (κ2) is 8.11. The van der Waals surface area contributed by atoms with Gasteiger partial charge >= 0.3 is 6.18 Å². The van der Waals surface area contributed by atoms with E-state index < -0.39 is 23.1 Å². The molecule has 3 rings (SSSR count). The highest BCUT2D eigenvalue weighted by Crippen LogP contribution is 2.33. The first-order valence-corrected chi connectivity index (χ1v) is 9.42. The molecule has 0 radical (unpaired) electrons. The Morgan fingerprint density at radius 3 is 2.48 bits per heavy atom. The van der Waals surface area contributed by atoms with Crippen LogP contribution in [0.25, 0.3) is 0 Å². The van der Waals surface area contributed by atoms with Gasteiger partial charge in [-0.3, -0.25) is 19.6 Å². The number of carbonyl (C=O) groups excluding carboxylic acids is 2. The minimum atomic E-state index is -4.65. The minimum Gasteiger partial charge on any atom is -0.295 e. The highest BCUT2D eigenvalue weighted by atomic mass is 32.1. The van der Waals surface area contributed by atoms with Crippen molar-refractivity contribution in [3.63, 3.8) is 0 Å². The first-order chi connectivity index (χ1) is 13.7. The Morgan fingerprint density at radius 2 is 1.90 bits per heavy atom. The quantitative estimate of drug-likeness (QED) is 0.600. The van der Waals surface area contributed by atoms with E-state index in [0.717, 1.165) is 5.56 Å². The lowest BCUT2D eigenvalue weighted by Gasteiger charge is -2.15. The summed E-state index contributed by atoms with van der Waals surface area (Å²) in [6.45, 7) is 3.47. The van der Waals surface area contributed by atoms with Crippen LogP contribution in [0.1, 0.15) is 57.9 Å². The molecular formula is C18H16F3N5O2S. The third-order valence-electron chi connectivity index (χ3n) is 4.11. The number of alkyl halides is 3. The largest absolute Gasteiger partial charge is 0.445 e. The summed E-state index contributed by atoms with van der Waals surface area (Å²) in [5, 5.41) is 11.5. The molecule has 0 unspecified atom stereocenters. The van der Waals surface area contributed by atoms with Crippen molar-refractivity contribution in [1.29, 1.82) is 0 Å². The number of halogens is 3. The first-order valence-electron chi connectivity index (χ1n) is 8.60. The molecule has 0 saturated heterocycles. The molecule has 29 heavy (non-hydrogen) atoms. The van der Waals surface area contributed by atoms with Crippen LogP contribution in [0, 0.1) is 0 Å². The number of aromatic nitrogens is 4. The number of benzene rings is 1. The highest BCUT2D eigenvalue weighted by molar-refractivity contribution is 7.15. The van der Waals surface area contributed by atoms with Crippen molar-refractivity contribution in [2.75, 3.05) is 5.32 Å². The van der Waals surface area contributed by atoms with Crippen molar-refractivity contribution in [1.82, 2.24) is 20.0 Å². The van der Waals surface area contributed by atoms with Crippen LogP contribution in [-0.4, -0.2) is 31.7 Å². The molecule has 7 nitrogen and oxygen atoms in total. The Morgan fingerprint density at radius 1 is 1.21 bits per heavy atom. The third kappa shape index (κ3) is 4.50. The van der Waals surface area contributed by atoms with E-state index in [-0.39, 0.29) is 40.1 Å². The Labute approximate surface area is 167 Å². The van der Waals surface area contributed by atoms with Gasteiger partial charge in [0.15, 0.2) is 5.78 Å². The number of anilines is 1. The molecule has 152 valence electrons. The molecule has 2 heterocycles. The summed E-state index contributed by atoms with van der Waals surface area (Å²) in [4.78, 5) is 24.8. The van der Waals surface area contributed by atoms with Crippen LogP contribution in [0.4, 0.5) is 18.3 Å². The zero-order valence-corrected chi connectivity index (χ0v) is 16.2. The van der Waals surface area contributed by atoms with Crippen LogP contribution in [0.3, 0.4) is 0 Å². The molecule has 1 N–H and O–H groups in total. The van der Waals surface area contributed by atoms with Crippen molar-refractivity contribution < 1.29 is 22.8 Å². The predicted molar refractivity (Wildman–Crippen MR) is 100.0 cm³/mol. The molecule has 0 spiro atoms. The van der Waals surface area contributed by atoms with Gasteiger partial charge in [-0.05, 0) is 12.5 Å². The lowest BCUT2D eigenvalue weighted by Crippen LogP contribution is -2.20. The maximum Gasteiger partial charge on any atom is 0.445 e. The van der Waals surface area contributed by atoms with Gasteiger partial charge < -0.3 is 0 Å². The number of Topliss-reactive ketones (excluding diaryl/α,β-unsaturated/α-hetero) is 1. The van der Waals surface area contributed by atoms with Gasteiger partial charge in [0.1, 0.15) is 11.4 Å². The maximum absolute atomic E-state index is 12.7. The number of amides is 1. The Bertz CT molecular complexity index is 1030. The van der Waals surface area contributed by atoms with Crippen molar-refractivity contribution in [2.45, 2.75) is 32.5 Å². The summed E-state index contributed by atoms with van der Waals surface area (Å²) in [7, 11) is 0. The van der Waals surface area contributed by atoms with Crippen LogP contribution >= 0.6 is 11.3 Å². The van der Waals surface area contributed by atoms with E-state index in [1.54, 1.807) is 13.8 Å². The molecule has 0 aliphatic rings. The van der Waals surface area contributed by atoms with Crippen LogP contribution in [-0.2, 0) is 6.18 Å². The van der Waals surface area contributed by atoms with E-state index >= 15 is 0 Å². The van der Waals surface area contributed by atoms with Gasteiger partial charge in [-0.1, -0.05) is 48.6 Å². The average molecular weight is 423 g/mol. The number of ketones is 1. The normalized spacial score (nSPS) is 12.6. The summed E-state index contributed by atoms with van der Waals surface area (Å²) in [6.07, 6.45) is -4.45. The van der Waals surface area contributed by atoms with E-state index in [1.807, 2.05) is 30.3 Å². The topological polar surface area (TPSA) is 89.8 Å². The lowest BCUT2D eigenvalue weighted by atomic mass is 10.1. The van der Waals surface area contributed by atoms with Gasteiger partial charge in [-0.2, -0.15) is 18.3 Å². The Balaban J connectivity index is 1.94. The minimum absolute atomic E-state index is 0.0295. The zero-order valence-electron chi connectivity index (χ0n) is 15.4. The van der Waals surface area contributed by atoms with Crippen molar-refractivity contribution in [3.8, 4) is 0 Å². The molecule has 0 aliphatic carbocycles. The number of rotatable bonds is 6. The number of nitrogens with one attached hydrogen (secondary N) is 1. The van der Waals surface area contributed by atoms with Crippen molar-refractivity contribution >= 4 is 28.2 Å². The molecule has 2 aromatic heterocycles. The predicted octanol–water partition coefficient (Wildman–Crippen LogP) is 4.21. The number of hydrogen-bond acceptors (Lipinski definition) is 6. The van der Waals surface area contributed by atoms with Crippen molar-refractivity contribution in [2.24, 2.45) is 0 Å². The third-order valence-corrected chi connectivity index (χ3v) is 5.00. The fourth-order valence-electron chi connectivity index (χ4n) is 2.60. The van der Waals surface area contributed by atoms with E-state index in [4.69, 9.17) is 0 Å². The van der Waals surface area contributed by atoms with Crippen LogP contribution in [0.15, 0.2) is 36.4 Å². The molecule has 0 fully saturated rings. The van der Waals surface area contributed by atoms with Crippen LogP contribution < -0.4 is 5.32 Å². The molecule has 1 atom stereocenters. The standard InChI is InChI=1S/C18H16F3N5O2S/c1-3-14(27)12-9-13(26(25-12)10(2)11-7-5-4-6-8-11)15(28)22-17-24-23-16(29-17)18(19,20)21/h4-10H,3H2,1-2H3,(H,22,24,28)/t10-/m0/s1. The molecule has 0 saturated carbocycles. The van der Waals surface area contributed by atoms with Gasteiger partial charge in [-0.15, -0.1) is 10.2 Å². The monoisotopic (exact) mass is 423 g/mol. The van der Waals surface area contributed by atoms with Crippen molar-refractivity contribution in [3.05, 3.63) is 58.4 Å². The summed E-state index contributed by atoms with van der Waals surface area (Å²) < 4.78 is 39.5. The Kier molecular flexibility index (Phi) is 5.78. The number of carbonyl (C=O) groups is 2. The smallest absolute Gasteiger partial charge is 0.295 e. The Hall–Kier alpha value is -3.08. The molecular weight excluding hydrogens is 407 g/mol. The van der Waals surface area contributed by atoms with Crippen LogP contribution in [0.5, 0.6) is 0 Å². The second-order valence-electron chi connectivity index (χ2n) is 6.09. The molecule has 1 amide bonds. The summed E-state index contributed by atoms with van der Waals surface area (Å²) in [6, 6.07) is 10.1. The molecule has 0 aliphatic heterocycles. The van der Waals surface area contributed by atoms with E-state index in [1.165, 1.54) is 10.7 Å². The van der Waals surface area contributed by atoms with Gasteiger partial charge in [0, 0.05) is 12.5 Å². The average Bonchev–Trinajstić information content (AvgIpc) is 3.34. The SMILES string of the molecule is CCC(=O)c1cc(C(=O)Nc2nnc(C(F)(F)F)s2)n([C@@H](C)c2ccccc2)n1. The maximum atomic E-state index is 12.7. The van der Waals surface area contributed by atoms with Gasteiger partial charge in [0.05, 0.1) is 6.04 Å². The lowest BCUT2D eigenvalue weighted by molar-refractivity contribution is -0.138. The fourth-order valence-corrected chi connectivity index (χ4v) is 3.20. The van der Waals surface area contributed by atoms with Crippen LogP contribution in [0.2, 0.25) is 0 Å². The number of hydrogen-bond donors (Lipinski definition) is 1.